The van der Waals surface area contributed by atoms with E-state index in [-0.39, 0.29) is 10.8 Å². The van der Waals surface area contributed by atoms with Crippen LogP contribution in [0.15, 0.2) is 36.0 Å². The Bertz CT molecular complexity index is 573. The van der Waals surface area contributed by atoms with Gasteiger partial charge in [0.25, 0.3) is 0 Å². The molecule has 0 aliphatic heterocycles. The summed E-state index contributed by atoms with van der Waals surface area (Å²) in [6, 6.07) is 0. The first-order chi connectivity index (χ1) is 8.25. The van der Waals surface area contributed by atoms with E-state index < -0.39 is 0 Å². The van der Waals surface area contributed by atoms with E-state index in [2.05, 4.69) is 31.2 Å². The van der Waals surface area contributed by atoms with Gasteiger partial charge in [0.1, 0.15) is 0 Å². The number of allylic oxidation sites excluding steroid dienone is 6. The van der Waals surface area contributed by atoms with Crippen molar-refractivity contribution < 1.29 is 4.79 Å². The zero-order valence-corrected chi connectivity index (χ0v) is 9.76. The molecule has 8 bridgehead atoms. The first-order valence-corrected chi connectivity index (χ1v) is 6.85. The summed E-state index contributed by atoms with van der Waals surface area (Å²) in [7, 11) is 0. The SMILES string of the molecule is CC1=CC(=O)C23C4C=CC5C4C4C2C=CC4C153. The average molecular weight is 222 g/mol. The molecular formula is C16H14O. The molecule has 0 aromatic rings. The second-order valence-electron chi connectivity index (χ2n) is 6.96. The molecule has 0 N–H and O–H groups in total. The minimum absolute atomic E-state index is 0.00868. The van der Waals surface area contributed by atoms with Crippen LogP contribution < -0.4 is 0 Å². The highest BCUT2D eigenvalue weighted by atomic mass is 16.1. The predicted octanol–water partition coefficient (Wildman–Crippen LogP) is 2.37. The molecule has 0 aromatic heterocycles. The Morgan fingerprint density at radius 3 is 1.82 bits per heavy atom. The third kappa shape index (κ3) is 0.408. The largest absolute Gasteiger partial charge is 0.294 e. The molecule has 0 aromatic carbocycles. The van der Waals surface area contributed by atoms with Gasteiger partial charge in [-0.1, -0.05) is 29.9 Å². The lowest BCUT2D eigenvalue weighted by Crippen LogP contribution is -2.49. The Hall–Kier alpha value is -1.11. The standard InChI is InChI=1S/C16H14O/c1-7-6-12(17)16-10-4-2-8-13(10)14-9(15(7,8)16)3-5-11(14)16/h2-6,8-11,13-14H,1H3. The molecule has 2 spiro atoms. The molecule has 4 saturated carbocycles. The smallest absolute Gasteiger partial charge is 0.163 e. The van der Waals surface area contributed by atoms with Gasteiger partial charge in [0, 0.05) is 5.41 Å². The molecule has 0 heterocycles. The minimum atomic E-state index is -0.00868. The van der Waals surface area contributed by atoms with Gasteiger partial charge in [-0.25, -0.2) is 0 Å². The monoisotopic (exact) mass is 222 g/mol. The van der Waals surface area contributed by atoms with E-state index in [0.29, 0.717) is 29.5 Å². The second kappa shape index (κ2) is 1.81. The normalized spacial score (nSPS) is 69.9. The van der Waals surface area contributed by atoms with Crippen LogP contribution in [-0.2, 0) is 4.79 Å². The van der Waals surface area contributed by atoms with Crippen molar-refractivity contribution in [3.63, 3.8) is 0 Å². The third-order valence-electron chi connectivity index (χ3n) is 7.35. The van der Waals surface area contributed by atoms with Crippen molar-refractivity contribution in [1.82, 2.24) is 0 Å². The van der Waals surface area contributed by atoms with E-state index in [4.69, 9.17) is 0 Å². The van der Waals surface area contributed by atoms with Crippen molar-refractivity contribution >= 4 is 5.78 Å². The zero-order valence-electron chi connectivity index (χ0n) is 9.76. The Morgan fingerprint density at radius 1 is 0.882 bits per heavy atom. The number of hydrogen-bond acceptors (Lipinski definition) is 1. The maximum Gasteiger partial charge on any atom is 0.163 e. The summed E-state index contributed by atoms with van der Waals surface area (Å²) >= 11 is 0. The molecule has 4 fully saturated rings. The van der Waals surface area contributed by atoms with Gasteiger partial charge in [-0.15, -0.1) is 0 Å². The highest BCUT2D eigenvalue weighted by Gasteiger charge is 2.91. The van der Waals surface area contributed by atoms with E-state index >= 15 is 0 Å². The lowest BCUT2D eigenvalue weighted by molar-refractivity contribution is -0.130. The highest BCUT2D eigenvalue weighted by Crippen LogP contribution is 2.92. The highest BCUT2D eigenvalue weighted by molar-refractivity contribution is 6.03. The van der Waals surface area contributed by atoms with Crippen molar-refractivity contribution in [2.24, 2.45) is 46.3 Å². The van der Waals surface area contributed by atoms with Crippen LogP contribution in [0, 0.1) is 46.3 Å². The molecule has 7 aliphatic rings. The lowest BCUT2D eigenvalue weighted by atomic mass is 9.53. The molecule has 1 heteroatoms. The minimum Gasteiger partial charge on any atom is -0.294 e. The molecule has 0 amide bonds. The topological polar surface area (TPSA) is 17.1 Å². The molecular weight excluding hydrogens is 208 g/mol. The Labute approximate surface area is 100 Å². The Balaban J connectivity index is 1.86. The van der Waals surface area contributed by atoms with Crippen LogP contribution in [0.2, 0.25) is 0 Å². The molecule has 84 valence electrons. The van der Waals surface area contributed by atoms with E-state index in [9.17, 15) is 4.79 Å². The predicted molar refractivity (Wildman–Crippen MR) is 62.9 cm³/mol. The fourth-order valence-electron chi connectivity index (χ4n) is 7.59. The van der Waals surface area contributed by atoms with Crippen molar-refractivity contribution in [3.8, 4) is 0 Å². The van der Waals surface area contributed by atoms with Gasteiger partial charge in [0.15, 0.2) is 5.78 Å². The summed E-state index contributed by atoms with van der Waals surface area (Å²) in [4.78, 5) is 12.7. The van der Waals surface area contributed by atoms with Crippen LogP contribution >= 0.6 is 0 Å². The number of ketones is 1. The molecule has 6 atom stereocenters. The maximum absolute atomic E-state index is 12.7. The van der Waals surface area contributed by atoms with Crippen molar-refractivity contribution in [1.29, 1.82) is 0 Å². The number of carbonyl (C=O) groups is 1. The van der Waals surface area contributed by atoms with Gasteiger partial charge in [-0.2, -0.15) is 0 Å². The van der Waals surface area contributed by atoms with Gasteiger partial charge in [-0.3, -0.25) is 4.79 Å². The number of carbonyl (C=O) groups excluding carboxylic acids is 1. The summed E-state index contributed by atoms with van der Waals surface area (Å²) in [5.41, 5.74) is 1.63. The summed E-state index contributed by atoms with van der Waals surface area (Å²) < 4.78 is 0. The second-order valence-corrected chi connectivity index (χ2v) is 6.96. The van der Waals surface area contributed by atoms with Gasteiger partial charge in [-0.05, 0) is 48.5 Å². The summed E-state index contributed by atoms with van der Waals surface area (Å²) in [6.45, 7) is 2.22. The average Bonchev–Trinajstić information content (AvgIpc) is 3.06. The molecule has 1 nitrogen and oxygen atoms in total. The molecule has 7 rings (SSSR count). The molecule has 7 aliphatic carbocycles. The molecule has 0 radical (unpaired) electrons. The summed E-state index contributed by atoms with van der Waals surface area (Å²) in [5, 5.41) is 0. The summed E-state index contributed by atoms with van der Waals surface area (Å²) in [6.07, 6.45) is 11.7. The fourth-order valence-corrected chi connectivity index (χ4v) is 7.59. The third-order valence-corrected chi connectivity index (χ3v) is 7.35. The number of hydrogen-bond donors (Lipinski definition) is 0. The first kappa shape index (κ1) is 8.07. The zero-order chi connectivity index (χ0) is 11.2. The molecule has 17 heavy (non-hydrogen) atoms. The first-order valence-electron chi connectivity index (χ1n) is 6.85. The van der Waals surface area contributed by atoms with Crippen molar-refractivity contribution in [2.45, 2.75) is 6.92 Å². The van der Waals surface area contributed by atoms with Crippen LogP contribution in [0.4, 0.5) is 0 Å². The van der Waals surface area contributed by atoms with Crippen molar-refractivity contribution in [2.75, 3.05) is 0 Å². The maximum atomic E-state index is 12.7. The van der Waals surface area contributed by atoms with Crippen LogP contribution in [-0.4, -0.2) is 5.78 Å². The quantitative estimate of drug-likeness (QED) is 0.575. The van der Waals surface area contributed by atoms with Crippen LogP contribution in [0.3, 0.4) is 0 Å². The molecule has 0 saturated heterocycles. The van der Waals surface area contributed by atoms with E-state index in [1.165, 1.54) is 5.57 Å². The van der Waals surface area contributed by atoms with Crippen LogP contribution in [0.1, 0.15) is 6.92 Å². The van der Waals surface area contributed by atoms with E-state index in [1.54, 1.807) is 0 Å². The Kier molecular flexibility index (Phi) is 0.857. The van der Waals surface area contributed by atoms with Gasteiger partial charge in [0.2, 0.25) is 0 Å². The molecule has 6 unspecified atom stereocenters. The van der Waals surface area contributed by atoms with E-state index in [0.717, 1.165) is 11.8 Å². The lowest BCUT2D eigenvalue weighted by Gasteiger charge is -2.48. The summed E-state index contributed by atoms with van der Waals surface area (Å²) in [5.74, 6) is 4.59. The fraction of sp³-hybridized carbons (Fsp3) is 0.562. The number of rotatable bonds is 0. The van der Waals surface area contributed by atoms with Crippen LogP contribution in [0.25, 0.3) is 0 Å². The van der Waals surface area contributed by atoms with Gasteiger partial charge in [0.05, 0.1) is 5.41 Å². The van der Waals surface area contributed by atoms with Gasteiger partial charge < -0.3 is 0 Å². The van der Waals surface area contributed by atoms with Gasteiger partial charge >= 0.3 is 0 Å². The Morgan fingerprint density at radius 2 is 1.35 bits per heavy atom. The van der Waals surface area contributed by atoms with Crippen LogP contribution in [0.5, 0.6) is 0 Å². The van der Waals surface area contributed by atoms with E-state index in [1.807, 2.05) is 6.08 Å². The van der Waals surface area contributed by atoms with Crippen molar-refractivity contribution in [3.05, 3.63) is 36.0 Å².